The van der Waals surface area contributed by atoms with Crippen LogP contribution in [0.15, 0.2) is 24.9 Å². The average molecular weight is 197 g/mol. The molecule has 0 saturated carbocycles. The van der Waals surface area contributed by atoms with Crippen molar-refractivity contribution in [3.8, 4) is 0 Å². The number of hydrogen-bond acceptors (Lipinski definition) is 2. The van der Waals surface area contributed by atoms with Crippen molar-refractivity contribution in [1.82, 2.24) is 4.98 Å². The minimum absolute atomic E-state index is 0.437. The van der Waals surface area contributed by atoms with Gasteiger partial charge >= 0.3 is 0 Å². The van der Waals surface area contributed by atoms with Gasteiger partial charge in [-0.15, -0.1) is 11.6 Å². The van der Waals surface area contributed by atoms with Crippen molar-refractivity contribution in [1.29, 1.82) is 0 Å². The van der Waals surface area contributed by atoms with Gasteiger partial charge in [-0.25, -0.2) is 4.98 Å². The van der Waals surface area contributed by atoms with E-state index in [4.69, 9.17) is 11.6 Å². The Morgan fingerprint density at radius 2 is 2.31 bits per heavy atom. The van der Waals surface area contributed by atoms with E-state index < -0.39 is 0 Å². The molecule has 0 spiro atoms. The third-order valence-electron chi connectivity index (χ3n) is 1.75. The number of nitrogens with zero attached hydrogens (tertiary/aromatic N) is 2. The van der Waals surface area contributed by atoms with Crippen molar-refractivity contribution in [2.75, 3.05) is 24.9 Å². The molecule has 1 aromatic heterocycles. The van der Waals surface area contributed by atoms with E-state index in [1.54, 1.807) is 6.20 Å². The van der Waals surface area contributed by atoms with Crippen molar-refractivity contribution in [3.05, 3.63) is 30.5 Å². The van der Waals surface area contributed by atoms with Crippen molar-refractivity contribution < 1.29 is 0 Å². The molecule has 0 N–H and O–H groups in total. The highest BCUT2D eigenvalue weighted by Gasteiger charge is 2.06. The fourth-order valence-corrected chi connectivity index (χ4v) is 1.25. The van der Waals surface area contributed by atoms with Gasteiger partial charge in [-0.05, 0) is 17.7 Å². The molecule has 0 unspecified atom stereocenters. The summed E-state index contributed by atoms with van der Waals surface area (Å²) in [6, 6.07) is 3.87. The molecule has 0 aliphatic carbocycles. The summed E-state index contributed by atoms with van der Waals surface area (Å²) < 4.78 is 0. The summed E-state index contributed by atoms with van der Waals surface area (Å²) in [6.45, 7) is 3.89. The Morgan fingerprint density at radius 3 is 2.85 bits per heavy atom. The van der Waals surface area contributed by atoms with Gasteiger partial charge in [0.15, 0.2) is 0 Å². The highest BCUT2D eigenvalue weighted by Crippen LogP contribution is 2.22. The summed E-state index contributed by atoms with van der Waals surface area (Å²) in [5, 5.41) is 0. The molecule has 0 bridgehead atoms. The quantitative estimate of drug-likeness (QED) is 0.691. The van der Waals surface area contributed by atoms with Gasteiger partial charge in [0.1, 0.15) is 5.82 Å². The second-order valence-corrected chi connectivity index (χ2v) is 3.27. The summed E-state index contributed by atoms with van der Waals surface area (Å²) in [5.41, 5.74) is 1.92. The van der Waals surface area contributed by atoms with Gasteiger partial charge in [0.25, 0.3) is 0 Å². The maximum atomic E-state index is 5.72. The Kier molecular flexibility index (Phi) is 3.32. The SMILES string of the molecule is C=C(CCl)c1cccnc1N(C)C. The fraction of sp³-hybridized carbons (Fsp3) is 0.300. The van der Waals surface area contributed by atoms with Crippen LogP contribution in [0.3, 0.4) is 0 Å². The second-order valence-electron chi connectivity index (χ2n) is 3.01. The average Bonchev–Trinajstić information content (AvgIpc) is 2.16. The van der Waals surface area contributed by atoms with Crippen LogP contribution in [0.4, 0.5) is 5.82 Å². The number of halogens is 1. The van der Waals surface area contributed by atoms with Crippen LogP contribution >= 0.6 is 11.6 Å². The molecule has 0 saturated heterocycles. The largest absolute Gasteiger partial charge is 0.362 e. The topological polar surface area (TPSA) is 16.1 Å². The Hall–Kier alpha value is -1.02. The molecule has 1 heterocycles. The molecule has 0 aliphatic rings. The molecule has 0 radical (unpaired) electrons. The van der Waals surface area contributed by atoms with Crippen molar-refractivity contribution in [2.24, 2.45) is 0 Å². The van der Waals surface area contributed by atoms with Crippen molar-refractivity contribution in [2.45, 2.75) is 0 Å². The third kappa shape index (κ3) is 2.22. The van der Waals surface area contributed by atoms with Crippen LogP contribution < -0.4 is 4.90 Å². The van der Waals surface area contributed by atoms with Crippen LogP contribution in [0.5, 0.6) is 0 Å². The summed E-state index contributed by atoms with van der Waals surface area (Å²) in [4.78, 5) is 6.21. The van der Waals surface area contributed by atoms with Gasteiger partial charge in [0.2, 0.25) is 0 Å². The highest BCUT2D eigenvalue weighted by molar-refractivity contribution is 6.23. The number of pyridine rings is 1. The van der Waals surface area contributed by atoms with E-state index >= 15 is 0 Å². The Balaban J connectivity index is 3.12. The molecule has 0 atom stereocenters. The first-order chi connectivity index (χ1) is 6.16. The zero-order valence-corrected chi connectivity index (χ0v) is 8.67. The molecule has 70 valence electrons. The molecule has 13 heavy (non-hydrogen) atoms. The first kappa shape index (κ1) is 10.1. The predicted molar refractivity (Wildman–Crippen MR) is 58.3 cm³/mol. The summed E-state index contributed by atoms with van der Waals surface area (Å²) in [5.74, 6) is 1.35. The standard InChI is InChI=1S/C10H13ClN2/c1-8(7-11)9-5-4-6-12-10(9)13(2)3/h4-6H,1,7H2,2-3H3. The predicted octanol–water partition coefficient (Wildman–Crippen LogP) is 2.40. The Bertz CT molecular complexity index is 308. The lowest BCUT2D eigenvalue weighted by Crippen LogP contribution is -2.12. The van der Waals surface area contributed by atoms with Crippen molar-refractivity contribution in [3.63, 3.8) is 0 Å². The first-order valence-corrected chi connectivity index (χ1v) is 4.56. The molecule has 0 aliphatic heterocycles. The van der Waals surface area contributed by atoms with Gasteiger partial charge in [0.05, 0.1) is 0 Å². The lowest BCUT2D eigenvalue weighted by Gasteiger charge is -2.15. The van der Waals surface area contributed by atoms with Crippen LogP contribution in [-0.2, 0) is 0 Å². The highest BCUT2D eigenvalue weighted by atomic mass is 35.5. The van der Waals surface area contributed by atoms with Gasteiger partial charge < -0.3 is 4.90 Å². The molecule has 3 heteroatoms. The molecule has 1 rings (SSSR count). The van der Waals surface area contributed by atoms with Crippen LogP contribution in [0.1, 0.15) is 5.56 Å². The fourth-order valence-electron chi connectivity index (χ4n) is 1.10. The van der Waals surface area contributed by atoms with E-state index in [0.29, 0.717) is 5.88 Å². The number of anilines is 1. The molecule has 1 aromatic rings. The minimum atomic E-state index is 0.437. The minimum Gasteiger partial charge on any atom is -0.362 e. The lowest BCUT2D eigenvalue weighted by atomic mass is 10.1. The molecule has 0 amide bonds. The van der Waals surface area contributed by atoms with Gasteiger partial charge in [0, 0.05) is 31.7 Å². The van der Waals surface area contributed by atoms with E-state index in [2.05, 4.69) is 11.6 Å². The Morgan fingerprint density at radius 1 is 1.62 bits per heavy atom. The van der Waals surface area contributed by atoms with Crippen LogP contribution in [-0.4, -0.2) is 25.0 Å². The third-order valence-corrected chi connectivity index (χ3v) is 2.08. The number of aromatic nitrogens is 1. The second kappa shape index (κ2) is 4.28. The number of rotatable bonds is 3. The Labute approximate surface area is 83.8 Å². The van der Waals surface area contributed by atoms with Gasteiger partial charge in [-0.1, -0.05) is 6.58 Å². The van der Waals surface area contributed by atoms with E-state index in [-0.39, 0.29) is 0 Å². The molecule has 0 aromatic carbocycles. The lowest BCUT2D eigenvalue weighted by molar-refractivity contribution is 1.06. The van der Waals surface area contributed by atoms with E-state index in [0.717, 1.165) is 17.0 Å². The zero-order chi connectivity index (χ0) is 9.84. The van der Waals surface area contributed by atoms with Crippen LogP contribution in [0.25, 0.3) is 5.57 Å². The molecular formula is C10H13ClN2. The number of alkyl halides is 1. The van der Waals surface area contributed by atoms with Crippen LogP contribution in [0, 0.1) is 0 Å². The van der Waals surface area contributed by atoms with Gasteiger partial charge in [-0.2, -0.15) is 0 Å². The van der Waals surface area contributed by atoms with E-state index in [1.807, 2.05) is 31.1 Å². The molecule has 0 fully saturated rings. The monoisotopic (exact) mass is 196 g/mol. The van der Waals surface area contributed by atoms with E-state index in [1.165, 1.54) is 0 Å². The maximum absolute atomic E-state index is 5.72. The number of hydrogen-bond donors (Lipinski definition) is 0. The summed E-state index contributed by atoms with van der Waals surface area (Å²) in [7, 11) is 3.90. The smallest absolute Gasteiger partial charge is 0.135 e. The maximum Gasteiger partial charge on any atom is 0.135 e. The normalized spacial score (nSPS) is 9.77. The van der Waals surface area contributed by atoms with Crippen molar-refractivity contribution >= 4 is 23.0 Å². The molecule has 2 nitrogen and oxygen atoms in total. The van der Waals surface area contributed by atoms with Crippen LogP contribution in [0.2, 0.25) is 0 Å². The number of allylic oxidation sites excluding steroid dienone is 1. The summed E-state index contributed by atoms with van der Waals surface area (Å²) in [6.07, 6.45) is 1.76. The molecular weight excluding hydrogens is 184 g/mol. The van der Waals surface area contributed by atoms with Gasteiger partial charge in [-0.3, -0.25) is 0 Å². The zero-order valence-electron chi connectivity index (χ0n) is 7.92. The summed E-state index contributed by atoms with van der Waals surface area (Å²) >= 11 is 5.72. The first-order valence-electron chi connectivity index (χ1n) is 4.03. The van der Waals surface area contributed by atoms with E-state index in [9.17, 15) is 0 Å².